The van der Waals surface area contributed by atoms with E-state index in [0.29, 0.717) is 11.4 Å². The summed E-state index contributed by atoms with van der Waals surface area (Å²) in [6, 6.07) is 17.8. The quantitative estimate of drug-likeness (QED) is 0.842. The third kappa shape index (κ3) is 3.55. The van der Waals surface area contributed by atoms with Crippen LogP contribution >= 0.6 is 0 Å². The maximum atomic E-state index is 13.0. The van der Waals surface area contributed by atoms with Crippen molar-refractivity contribution < 1.29 is 8.42 Å². The van der Waals surface area contributed by atoms with Gasteiger partial charge < -0.3 is 0 Å². The highest BCUT2D eigenvalue weighted by atomic mass is 32.2. The van der Waals surface area contributed by atoms with Crippen molar-refractivity contribution in [2.75, 3.05) is 13.1 Å². The van der Waals surface area contributed by atoms with Crippen molar-refractivity contribution in [1.82, 2.24) is 4.90 Å². The highest BCUT2D eigenvalue weighted by Gasteiger charge is 2.33. The Hall–Kier alpha value is -1.65. The maximum absolute atomic E-state index is 13.0. The number of aryl methyl sites for hydroxylation is 1. The summed E-state index contributed by atoms with van der Waals surface area (Å²) in [6.07, 6.45) is 1.67. The Kier molecular flexibility index (Phi) is 5.07. The van der Waals surface area contributed by atoms with Crippen LogP contribution in [0.25, 0.3) is 0 Å². The molecule has 0 N–H and O–H groups in total. The lowest BCUT2D eigenvalue weighted by Crippen LogP contribution is -2.43. The molecule has 0 aromatic heterocycles. The second-order valence-electron chi connectivity index (χ2n) is 6.70. The van der Waals surface area contributed by atoms with Crippen LogP contribution in [-0.4, -0.2) is 31.7 Å². The van der Waals surface area contributed by atoms with Gasteiger partial charge in [0.1, 0.15) is 0 Å². The second-order valence-corrected chi connectivity index (χ2v) is 8.93. The number of benzene rings is 2. The number of hydrogen-bond donors (Lipinski definition) is 0. The van der Waals surface area contributed by atoms with Gasteiger partial charge in [-0.3, -0.25) is 4.90 Å². The van der Waals surface area contributed by atoms with Crippen LogP contribution in [0.2, 0.25) is 0 Å². The predicted octanol–water partition coefficient (Wildman–Crippen LogP) is 3.99. The third-order valence-corrected chi connectivity index (χ3v) is 7.22. The molecule has 1 aliphatic rings. The van der Waals surface area contributed by atoms with Gasteiger partial charge in [0.2, 0.25) is 0 Å². The van der Waals surface area contributed by atoms with Gasteiger partial charge in [0, 0.05) is 12.6 Å². The third-order valence-electron chi connectivity index (χ3n) is 5.03. The number of nitrogens with zero attached hydrogens (tertiary/aromatic N) is 1. The van der Waals surface area contributed by atoms with Gasteiger partial charge in [-0.15, -0.1) is 0 Å². The standard InChI is InChI=1S/C20H25NO2S/c1-16-10-12-19(13-11-16)24(22,23)20-9-6-14-21(15-20)17(2)18-7-4-3-5-8-18/h3-5,7-8,10-13,17,20H,6,9,14-15H2,1-2H3/t17-,20-/m1/s1. The molecule has 128 valence electrons. The van der Waals surface area contributed by atoms with Gasteiger partial charge in [-0.25, -0.2) is 8.42 Å². The first-order valence-corrected chi connectivity index (χ1v) is 10.1. The number of piperidine rings is 1. The van der Waals surface area contributed by atoms with E-state index < -0.39 is 9.84 Å². The molecule has 4 heteroatoms. The van der Waals surface area contributed by atoms with Gasteiger partial charge >= 0.3 is 0 Å². The van der Waals surface area contributed by atoms with E-state index in [1.165, 1.54) is 5.56 Å². The van der Waals surface area contributed by atoms with Gasteiger partial charge in [-0.1, -0.05) is 48.0 Å². The first-order valence-electron chi connectivity index (χ1n) is 8.58. The van der Waals surface area contributed by atoms with Crippen LogP contribution in [0.5, 0.6) is 0 Å². The highest BCUT2D eigenvalue weighted by molar-refractivity contribution is 7.92. The van der Waals surface area contributed by atoms with E-state index >= 15 is 0 Å². The Morgan fingerprint density at radius 3 is 2.38 bits per heavy atom. The molecule has 3 rings (SSSR count). The summed E-state index contributed by atoms with van der Waals surface area (Å²) in [5.41, 5.74) is 2.32. The number of sulfone groups is 1. The SMILES string of the molecule is Cc1ccc(S(=O)(=O)[C@@H]2CCCN([C@H](C)c3ccccc3)C2)cc1. The summed E-state index contributed by atoms with van der Waals surface area (Å²) in [6.45, 7) is 5.69. The lowest BCUT2D eigenvalue weighted by Gasteiger charge is -2.36. The fourth-order valence-corrected chi connectivity index (χ4v) is 5.20. The van der Waals surface area contributed by atoms with E-state index in [2.05, 4.69) is 24.0 Å². The van der Waals surface area contributed by atoms with Crippen LogP contribution < -0.4 is 0 Å². The van der Waals surface area contributed by atoms with Crippen LogP contribution in [0.15, 0.2) is 59.5 Å². The second kappa shape index (κ2) is 7.08. The minimum absolute atomic E-state index is 0.238. The van der Waals surface area contributed by atoms with E-state index in [1.54, 1.807) is 12.1 Å². The molecule has 1 fully saturated rings. The van der Waals surface area contributed by atoms with E-state index in [4.69, 9.17) is 0 Å². The first-order chi connectivity index (χ1) is 11.5. The lowest BCUT2D eigenvalue weighted by atomic mass is 10.0. The van der Waals surface area contributed by atoms with E-state index in [0.717, 1.165) is 24.9 Å². The average molecular weight is 343 g/mol. The van der Waals surface area contributed by atoms with Crippen LogP contribution in [0.3, 0.4) is 0 Å². The van der Waals surface area contributed by atoms with E-state index in [-0.39, 0.29) is 11.3 Å². The summed E-state index contributed by atoms with van der Waals surface area (Å²) in [5.74, 6) is 0. The topological polar surface area (TPSA) is 37.4 Å². The molecule has 2 aromatic carbocycles. The largest absolute Gasteiger partial charge is 0.295 e. The molecule has 24 heavy (non-hydrogen) atoms. The molecule has 0 amide bonds. The molecule has 3 nitrogen and oxygen atoms in total. The summed E-state index contributed by atoms with van der Waals surface area (Å²) in [5, 5.41) is -0.319. The monoisotopic (exact) mass is 343 g/mol. The molecule has 0 bridgehead atoms. The van der Waals surface area contributed by atoms with Crippen LogP contribution in [0, 0.1) is 6.92 Å². The van der Waals surface area contributed by atoms with Crippen LogP contribution in [0.4, 0.5) is 0 Å². The molecular weight excluding hydrogens is 318 g/mol. The van der Waals surface area contributed by atoms with Crippen molar-refractivity contribution in [3.05, 3.63) is 65.7 Å². The molecule has 2 aromatic rings. The van der Waals surface area contributed by atoms with Crippen molar-refractivity contribution in [2.24, 2.45) is 0 Å². The fraction of sp³-hybridized carbons (Fsp3) is 0.400. The Bertz CT molecular complexity index is 769. The molecule has 1 aliphatic heterocycles. The van der Waals surface area contributed by atoms with Gasteiger partial charge in [-0.2, -0.15) is 0 Å². The highest BCUT2D eigenvalue weighted by Crippen LogP contribution is 2.29. The number of hydrogen-bond acceptors (Lipinski definition) is 3. The molecule has 1 saturated heterocycles. The zero-order valence-electron chi connectivity index (χ0n) is 14.4. The molecule has 0 radical (unpaired) electrons. The smallest absolute Gasteiger partial charge is 0.182 e. The van der Waals surface area contributed by atoms with Crippen molar-refractivity contribution in [1.29, 1.82) is 0 Å². The van der Waals surface area contributed by atoms with Gasteiger partial charge in [0.05, 0.1) is 10.1 Å². The van der Waals surface area contributed by atoms with Crippen molar-refractivity contribution >= 4 is 9.84 Å². The minimum Gasteiger partial charge on any atom is -0.295 e. The Morgan fingerprint density at radius 1 is 1.04 bits per heavy atom. The Labute approximate surface area is 145 Å². The van der Waals surface area contributed by atoms with Crippen LogP contribution in [-0.2, 0) is 9.84 Å². The zero-order chi connectivity index (χ0) is 17.2. The van der Waals surface area contributed by atoms with Crippen molar-refractivity contribution in [2.45, 2.75) is 42.9 Å². The molecule has 0 saturated carbocycles. The summed E-state index contributed by atoms with van der Waals surface area (Å²) >= 11 is 0. The molecular formula is C20H25NO2S. The van der Waals surface area contributed by atoms with Crippen molar-refractivity contribution in [3.8, 4) is 0 Å². The van der Waals surface area contributed by atoms with E-state index in [1.807, 2.05) is 37.3 Å². The lowest BCUT2D eigenvalue weighted by molar-refractivity contribution is 0.176. The minimum atomic E-state index is -3.27. The average Bonchev–Trinajstić information content (AvgIpc) is 2.62. The molecule has 0 spiro atoms. The van der Waals surface area contributed by atoms with Crippen LogP contribution in [0.1, 0.15) is 36.9 Å². The normalized spacial score (nSPS) is 20.7. The van der Waals surface area contributed by atoms with Gasteiger partial charge in [-0.05, 0) is 50.9 Å². The van der Waals surface area contributed by atoms with E-state index in [9.17, 15) is 8.42 Å². The molecule has 0 unspecified atom stereocenters. The summed E-state index contributed by atoms with van der Waals surface area (Å²) in [4.78, 5) is 2.75. The summed E-state index contributed by atoms with van der Waals surface area (Å²) in [7, 11) is -3.27. The Morgan fingerprint density at radius 2 is 1.71 bits per heavy atom. The van der Waals surface area contributed by atoms with Crippen molar-refractivity contribution in [3.63, 3.8) is 0 Å². The Balaban J connectivity index is 1.79. The molecule has 2 atom stereocenters. The fourth-order valence-electron chi connectivity index (χ4n) is 3.43. The first kappa shape index (κ1) is 17.2. The number of rotatable bonds is 4. The summed E-state index contributed by atoms with van der Waals surface area (Å²) < 4.78 is 26.0. The van der Waals surface area contributed by atoms with Gasteiger partial charge in [0.15, 0.2) is 9.84 Å². The molecule has 0 aliphatic carbocycles. The maximum Gasteiger partial charge on any atom is 0.182 e. The zero-order valence-corrected chi connectivity index (χ0v) is 15.2. The van der Waals surface area contributed by atoms with Gasteiger partial charge in [0.25, 0.3) is 0 Å². The molecule has 1 heterocycles. The predicted molar refractivity (Wildman–Crippen MR) is 97.8 cm³/mol. The number of likely N-dealkylation sites (tertiary alicyclic amines) is 1.